The number of aromatic nitrogens is 2. The van der Waals surface area contributed by atoms with Gasteiger partial charge in [0.25, 0.3) is 0 Å². The number of nitrogens with zero attached hydrogens (tertiary/aromatic N) is 2. The highest BCUT2D eigenvalue weighted by Gasteiger charge is 2.00. The number of rotatable bonds is 6. The van der Waals surface area contributed by atoms with Gasteiger partial charge in [-0.05, 0) is 49.4 Å². The zero-order valence-electron chi connectivity index (χ0n) is 12.7. The molecule has 112 valence electrons. The maximum absolute atomic E-state index is 5.91. The summed E-state index contributed by atoms with van der Waals surface area (Å²) in [4.78, 5) is 4.36. The number of benzene rings is 1. The highest BCUT2D eigenvalue weighted by Crippen LogP contribution is 2.10. The lowest BCUT2D eigenvalue weighted by Gasteiger charge is -2.07. The van der Waals surface area contributed by atoms with Crippen LogP contribution in [0.1, 0.15) is 30.2 Å². The normalized spacial score (nSPS) is 11.6. The standard InChI is InChI=1S/C16H23N5/c1-3-13-6-4-8-15(10-13)20-16(17)18-9-5-7-14-11-19-21-12(14)2/h4,6,8,10-11H,3,5,7,9H2,1-2H3,(H,19,21)(H3,17,18,20). The molecule has 0 amide bonds. The van der Waals surface area contributed by atoms with Crippen LogP contribution in [-0.4, -0.2) is 22.7 Å². The number of guanidine groups is 1. The predicted molar refractivity (Wildman–Crippen MR) is 87.6 cm³/mol. The van der Waals surface area contributed by atoms with Crippen LogP contribution >= 0.6 is 0 Å². The smallest absolute Gasteiger partial charge is 0.193 e. The summed E-state index contributed by atoms with van der Waals surface area (Å²) in [5.74, 6) is 0.465. The minimum absolute atomic E-state index is 0.465. The maximum Gasteiger partial charge on any atom is 0.193 e. The Morgan fingerprint density at radius 2 is 2.29 bits per heavy atom. The zero-order valence-corrected chi connectivity index (χ0v) is 12.7. The lowest BCUT2D eigenvalue weighted by Crippen LogP contribution is -2.23. The molecular weight excluding hydrogens is 262 g/mol. The van der Waals surface area contributed by atoms with Crippen molar-refractivity contribution in [3.8, 4) is 0 Å². The number of aromatic amines is 1. The predicted octanol–water partition coefficient (Wildman–Crippen LogP) is 2.64. The highest BCUT2D eigenvalue weighted by molar-refractivity contribution is 5.92. The molecule has 0 atom stereocenters. The Balaban J connectivity index is 1.79. The van der Waals surface area contributed by atoms with Gasteiger partial charge >= 0.3 is 0 Å². The summed E-state index contributed by atoms with van der Waals surface area (Å²) in [6, 6.07) is 8.22. The van der Waals surface area contributed by atoms with Crippen molar-refractivity contribution in [2.75, 3.05) is 11.9 Å². The molecule has 0 spiro atoms. The van der Waals surface area contributed by atoms with Crippen LogP contribution in [-0.2, 0) is 12.8 Å². The third-order valence-corrected chi connectivity index (χ3v) is 3.43. The third-order valence-electron chi connectivity index (χ3n) is 3.43. The number of hydrogen-bond acceptors (Lipinski definition) is 2. The fourth-order valence-corrected chi connectivity index (χ4v) is 2.15. The molecule has 0 saturated carbocycles. The molecule has 0 fully saturated rings. The van der Waals surface area contributed by atoms with E-state index in [9.17, 15) is 0 Å². The largest absolute Gasteiger partial charge is 0.370 e. The number of aliphatic imine (C=N–C) groups is 1. The molecule has 5 heteroatoms. The quantitative estimate of drug-likeness (QED) is 0.433. The van der Waals surface area contributed by atoms with Gasteiger partial charge in [-0.3, -0.25) is 10.1 Å². The summed E-state index contributed by atoms with van der Waals surface area (Å²) in [7, 11) is 0. The van der Waals surface area contributed by atoms with E-state index in [1.807, 2.05) is 25.3 Å². The number of H-pyrrole nitrogens is 1. The Kier molecular flexibility index (Phi) is 5.37. The number of hydrogen-bond donors (Lipinski definition) is 3. The SMILES string of the molecule is CCc1cccc(NC(N)=NCCCc2cn[nH]c2C)c1. The second-order valence-electron chi connectivity index (χ2n) is 5.07. The molecule has 0 bridgehead atoms. The first-order valence-electron chi connectivity index (χ1n) is 7.33. The second kappa shape index (κ2) is 7.47. The third kappa shape index (κ3) is 4.63. The van der Waals surface area contributed by atoms with Gasteiger partial charge in [0.1, 0.15) is 0 Å². The minimum atomic E-state index is 0.465. The van der Waals surface area contributed by atoms with Gasteiger partial charge in [-0.2, -0.15) is 5.10 Å². The lowest BCUT2D eigenvalue weighted by atomic mass is 10.1. The fourth-order valence-electron chi connectivity index (χ4n) is 2.15. The van der Waals surface area contributed by atoms with Crippen LogP contribution in [0.3, 0.4) is 0 Å². The lowest BCUT2D eigenvalue weighted by molar-refractivity contribution is 0.828. The van der Waals surface area contributed by atoms with E-state index in [1.165, 1.54) is 11.1 Å². The van der Waals surface area contributed by atoms with E-state index in [2.05, 4.69) is 39.6 Å². The zero-order chi connectivity index (χ0) is 15.1. The molecule has 0 unspecified atom stereocenters. The monoisotopic (exact) mass is 285 g/mol. The highest BCUT2D eigenvalue weighted by atomic mass is 15.1. The van der Waals surface area contributed by atoms with Gasteiger partial charge in [0.2, 0.25) is 0 Å². The van der Waals surface area contributed by atoms with Crippen molar-refractivity contribution in [3.63, 3.8) is 0 Å². The first-order chi connectivity index (χ1) is 10.2. The van der Waals surface area contributed by atoms with Crippen molar-refractivity contribution in [1.29, 1.82) is 0 Å². The van der Waals surface area contributed by atoms with Gasteiger partial charge in [0.05, 0.1) is 6.20 Å². The van der Waals surface area contributed by atoms with Crippen molar-refractivity contribution < 1.29 is 0 Å². The van der Waals surface area contributed by atoms with Crippen LogP contribution in [0.4, 0.5) is 5.69 Å². The molecule has 1 heterocycles. The number of anilines is 1. The Morgan fingerprint density at radius 3 is 3.00 bits per heavy atom. The van der Waals surface area contributed by atoms with E-state index >= 15 is 0 Å². The topological polar surface area (TPSA) is 79.1 Å². The molecule has 5 nitrogen and oxygen atoms in total. The number of aryl methyl sites for hydroxylation is 3. The van der Waals surface area contributed by atoms with Crippen molar-refractivity contribution >= 4 is 11.6 Å². The van der Waals surface area contributed by atoms with E-state index in [4.69, 9.17) is 5.73 Å². The Bertz CT molecular complexity index is 600. The Labute approximate surface area is 125 Å². The summed E-state index contributed by atoms with van der Waals surface area (Å²) in [5.41, 5.74) is 10.5. The van der Waals surface area contributed by atoms with Crippen molar-refractivity contribution in [2.24, 2.45) is 10.7 Å². The molecule has 2 rings (SSSR count). The Hall–Kier alpha value is -2.30. The molecule has 1 aromatic heterocycles. The van der Waals surface area contributed by atoms with Crippen LogP contribution in [0.2, 0.25) is 0 Å². The van der Waals surface area contributed by atoms with Crippen LogP contribution in [0.5, 0.6) is 0 Å². The van der Waals surface area contributed by atoms with Crippen molar-refractivity contribution in [2.45, 2.75) is 33.1 Å². The number of nitrogens with one attached hydrogen (secondary N) is 2. The van der Waals surface area contributed by atoms with Gasteiger partial charge < -0.3 is 11.1 Å². The molecule has 0 aliphatic carbocycles. The average Bonchev–Trinajstić information content (AvgIpc) is 2.89. The first-order valence-corrected chi connectivity index (χ1v) is 7.33. The Morgan fingerprint density at radius 1 is 1.43 bits per heavy atom. The molecular formula is C16H23N5. The summed E-state index contributed by atoms with van der Waals surface area (Å²) in [6.07, 6.45) is 4.80. The molecule has 0 aliphatic heterocycles. The van der Waals surface area contributed by atoms with Crippen LogP contribution in [0.15, 0.2) is 35.5 Å². The van der Waals surface area contributed by atoms with E-state index < -0.39 is 0 Å². The molecule has 0 saturated heterocycles. The van der Waals surface area contributed by atoms with E-state index in [-0.39, 0.29) is 0 Å². The van der Waals surface area contributed by atoms with Gasteiger partial charge in [0.15, 0.2) is 5.96 Å². The summed E-state index contributed by atoms with van der Waals surface area (Å²) in [6.45, 7) is 4.87. The molecule has 21 heavy (non-hydrogen) atoms. The van der Waals surface area contributed by atoms with Crippen molar-refractivity contribution in [3.05, 3.63) is 47.3 Å². The summed E-state index contributed by atoms with van der Waals surface area (Å²) >= 11 is 0. The van der Waals surface area contributed by atoms with Gasteiger partial charge in [-0.1, -0.05) is 19.1 Å². The van der Waals surface area contributed by atoms with Gasteiger partial charge in [-0.25, -0.2) is 0 Å². The fraction of sp³-hybridized carbons (Fsp3) is 0.375. The average molecular weight is 285 g/mol. The molecule has 1 aromatic carbocycles. The first kappa shape index (κ1) is 15.1. The van der Waals surface area contributed by atoms with Crippen LogP contribution < -0.4 is 11.1 Å². The van der Waals surface area contributed by atoms with Crippen molar-refractivity contribution in [1.82, 2.24) is 10.2 Å². The maximum atomic E-state index is 5.91. The molecule has 0 aliphatic rings. The molecule has 2 aromatic rings. The van der Waals surface area contributed by atoms with Crippen LogP contribution in [0, 0.1) is 6.92 Å². The number of nitrogens with two attached hydrogens (primary N) is 1. The van der Waals surface area contributed by atoms with E-state index in [1.54, 1.807) is 0 Å². The minimum Gasteiger partial charge on any atom is -0.370 e. The summed E-state index contributed by atoms with van der Waals surface area (Å²) < 4.78 is 0. The molecule has 4 N–H and O–H groups in total. The second-order valence-corrected chi connectivity index (χ2v) is 5.07. The van der Waals surface area contributed by atoms with E-state index in [0.29, 0.717) is 12.5 Å². The van der Waals surface area contributed by atoms with Gasteiger partial charge in [-0.15, -0.1) is 0 Å². The van der Waals surface area contributed by atoms with Crippen LogP contribution in [0.25, 0.3) is 0 Å². The van der Waals surface area contributed by atoms with Gasteiger partial charge in [0, 0.05) is 17.9 Å². The molecule has 0 radical (unpaired) electrons. The van der Waals surface area contributed by atoms with E-state index in [0.717, 1.165) is 30.6 Å². The summed E-state index contributed by atoms with van der Waals surface area (Å²) in [5, 5.41) is 10.1.